The summed E-state index contributed by atoms with van der Waals surface area (Å²) in [5, 5.41) is 0. The molecule has 0 bridgehead atoms. The normalized spacial score (nSPS) is 24.9. The van der Waals surface area contributed by atoms with Crippen LogP contribution in [0.15, 0.2) is 12.4 Å². The molecule has 0 saturated heterocycles. The van der Waals surface area contributed by atoms with Crippen LogP contribution in [0.5, 0.6) is 0 Å². The van der Waals surface area contributed by atoms with E-state index in [0.717, 1.165) is 31.1 Å². The Bertz CT molecular complexity index is 370. The van der Waals surface area contributed by atoms with Crippen LogP contribution in [-0.4, -0.2) is 15.3 Å². The Kier molecular flexibility index (Phi) is 3.42. The lowest BCUT2D eigenvalue weighted by Gasteiger charge is -2.09. The highest BCUT2D eigenvalue weighted by atomic mass is 16.1. The molecule has 1 aliphatic carbocycles. The van der Waals surface area contributed by atoms with Gasteiger partial charge in [-0.05, 0) is 32.1 Å². The monoisotopic (exact) mass is 220 g/mol. The number of hydrogen-bond acceptors (Lipinski definition) is 2. The van der Waals surface area contributed by atoms with Gasteiger partial charge in [-0.2, -0.15) is 0 Å². The average molecular weight is 220 g/mol. The van der Waals surface area contributed by atoms with Crippen molar-refractivity contribution in [3.63, 3.8) is 0 Å². The summed E-state index contributed by atoms with van der Waals surface area (Å²) in [6.07, 6.45) is 7.60. The van der Waals surface area contributed by atoms with Crippen molar-refractivity contribution in [2.75, 3.05) is 0 Å². The van der Waals surface area contributed by atoms with Crippen LogP contribution in [0.2, 0.25) is 0 Å². The maximum Gasteiger partial charge on any atom is 0.143 e. The van der Waals surface area contributed by atoms with Crippen LogP contribution in [0, 0.1) is 11.8 Å². The van der Waals surface area contributed by atoms with Gasteiger partial charge in [-0.1, -0.05) is 6.92 Å². The number of aromatic nitrogens is 2. The zero-order valence-corrected chi connectivity index (χ0v) is 10.1. The number of carbonyl (C=O) groups is 1. The number of aryl methyl sites for hydroxylation is 1. The molecule has 1 aliphatic rings. The molecule has 0 N–H and O–H groups in total. The zero-order valence-electron chi connectivity index (χ0n) is 10.1. The van der Waals surface area contributed by atoms with E-state index in [1.807, 2.05) is 6.20 Å². The summed E-state index contributed by atoms with van der Waals surface area (Å²) >= 11 is 0. The number of nitrogens with zero attached hydrogens (tertiary/aromatic N) is 2. The van der Waals surface area contributed by atoms with E-state index in [1.54, 1.807) is 6.20 Å². The molecule has 2 rings (SSSR count). The molecule has 1 saturated carbocycles. The van der Waals surface area contributed by atoms with Crippen molar-refractivity contribution >= 4 is 5.78 Å². The molecule has 0 aliphatic heterocycles. The van der Waals surface area contributed by atoms with Gasteiger partial charge in [0.2, 0.25) is 0 Å². The maximum atomic E-state index is 12.1. The molecule has 2 unspecified atom stereocenters. The SMILES string of the molecule is CCn1ccnc1CC(=O)C1CCC(C)C1. The Morgan fingerprint density at radius 1 is 1.56 bits per heavy atom. The van der Waals surface area contributed by atoms with Crippen LogP contribution in [0.25, 0.3) is 0 Å². The Morgan fingerprint density at radius 2 is 2.38 bits per heavy atom. The minimum atomic E-state index is 0.289. The average Bonchev–Trinajstić information content (AvgIpc) is 2.86. The van der Waals surface area contributed by atoms with Crippen LogP contribution >= 0.6 is 0 Å². The number of Topliss-reactive ketones (excluding diaryl/α,β-unsaturated/α-hetero) is 1. The lowest BCUT2D eigenvalue weighted by molar-refractivity contribution is -0.122. The molecule has 1 aromatic rings. The van der Waals surface area contributed by atoms with E-state index < -0.39 is 0 Å². The first-order valence-corrected chi connectivity index (χ1v) is 6.23. The third-order valence-electron chi connectivity index (χ3n) is 3.62. The molecular weight excluding hydrogens is 200 g/mol. The molecule has 2 atom stereocenters. The van der Waals surface area contributed by atoms with Gasteiger partial charge in [-0.15, -0.1) is 0 Å². The molecule has 0 radical (unpaired) electrons. The first kappa shape index (κ1) is 11.4. The van der Waals surface area contributed by atoms with E-state index in [4.69, 9.17) is 0 Å². The van der Waals surface area contributed by atoms with Crippen molar-refractivity contribution in [2.24, 2.45) is 11.8 Å². The van der Waals surface area contributed by atoms with Gasteiger partial charge in [0.15, 0.2) is 0 Å². The van der Waals surface area contributed by atoms with Gasteiger partial charge in [0.25, 0.3) is 0 Å². The fraction of sp³-hybridized carbons (Fsp3) is 0.692. The van der Waals surface area contributed by atoms with Gasteiger partial charge in [-0.25, -0.2) is 4.98 Å². The third-order valence-corrected chi connectivity index (χ3v) is 3.62. The van der Waals surface area contributed by atoms with Crippen LogP contribution < -0.4 is 0 Å². The highest BCUT2D eigenvalue weighted by molar-refractivity contribution is 5.82. The van der Waals surface area contributed by atoms with E-state index in [9.17, 15) is 4.79 Å². The van der Waals surface area contributed by atoms with Crippen LogP contribution in [0.3, 0.4) is 0 Å². The number of hydrogen-bond donors (Lipinski definition) is 0. The van der Waals surface area contributed by atoms with Crippen molar-refractivity contribution in [1.82, 2.24) is 9.55 Å². The molecule has 1 heterocycles. The fourth-order valence-corrected chi connectivity index (χ4v) is 2.59. The van der Waals surface area contributed by atoms with Gasteiger partial charge >= 0.3 is 0 Å². The fourth-order valence-electron chi connectivity index (χ4n) is 2.59. The molecule has 0 aromatic carbocycles. The summed E-state index contributed by atoms with van der Waals surface area (Å²) in [6, 6.07) is 0. The minimum absolute atomic E-state index is 0.289. The van der Waals surface area contributed by atoms with Crippen molar-refractivity contribution < 1.29 is 4.79 Å². The minimum Gasteiger partial charge on any atom is -0.335 e. The zero-order chi connectivity index (χ0) is 11.5. The highest BCUT2D eigenvalue weighted by Gasteiger charge is 2.27. The standard InChI is InChI=1S/C13H20N2O/c1-3-15-7-6-14-13(15)9-12(16)11-5-4-10(2)8-11/h6-7,10-11H,3-5,8-9H2,1-2H3. The summed E-state index contributed by atoms with van der Waals surface area (Å²) in [5.74, 6) is 2.31. The Labute approximate surface area is 96.9 Å². The van der Waals surface area contributed by atoms with Crippen molar-refractivity contribution in [3.8, 4) is 0 Å². The summed E-state index contributed by atoms with van der Waals surface area (Å²) in [5.41, 5.74) is 0. The Morgan fingerprint density at radius 3 is 3.00 bits per heavy atom. The summed E-state index contributed by atoms with van der Waals surface area (Å²) in [4.78, 5) is 16.3. The van der Waals surface area contributed by atoms with Gasteiger partial charge < -0.3 is 4.57 Å². The highest BCUT2D eigenvalue weighted by Crippen LogP contribution is 2.31. The maximum absolute atomic E-state index is 12.1. The lowest BCUT2D eigenvalue weighted by atomic mass is 9.98. The number of imidazole rings is 1. The van der Waals surface area contributed by atoms with Gasteiger partial charge in [-0.3, -0.25) is 4.79 Å². The smallest absolute Gasteiger partial charge is 0.143 e. The predicted molar refractivity (Wildman–Crippen MR) is 63.1 cm³/mol. The molecule has 16 heavy (non-hydrogen) atoms. The molecule has 88 valence electrons. The largest absolute Gasteiger partial charge is 0.335 e. The first-order chi connectivity index (χ1) is 7.70. The van der Waals surface area contributed by atoms with Crippen molar-refractivity contribution in [2.45, 2.75) is 46.1 Å². The second kappa shape index (κ2) is 4.81. The topological polar surface area (TPSA) is 34.9 Å². The predicted octanol–water partition coefficient (Wildman–Crippen LogP) is 2.45. The quantitative estimate of drug-likeness (QED) is 0.781. The van der Waals surface area contributed by atoms with Crippen molar-refractivity contribution in [3.05, 3.63) is 18.2 Å². The van der Waals surface area contributed by atoms with Gasteiger partial charge in [0.1, 0.15) is 11.6 Å². The molecular formula is C13H20N2O. The van der Waals surface area contributed by atoms with E-state index in [-0.39, 0.29) is 5.92 Å². The molecule has 3 nitrogen and oxygen atoms in total. The Hall–Kier alpha value is -1.12. The molecule has 1 fully saturated rings. The van der Waals surface area contributed by atoms with Gasteiger partial charge in [0, 0.05) is 24.9 Å². The lowest BCUT2D eigenvalue weighted by Crippen LogP contribution is -2.16. The molecule has 0 spiro atoms. The third kappa shape index (κ3) is 2.34. The van der Waals surface area contributed by atoms with E-state index in [2.05, 4.69) is 23.4 Å². The Balaban J connectivity index is 1.97. The second-order valence-corrected chi connectivity index (χ2v) is 4.89. The molecule has 0 amide bonds. The molecule has 3 heteroatoms. The van der Waals surface area contributed by atoms with E-state index in [1.165, 1.54) is 6.42 Å². The van der Waals surface area contributed by atoms with Gasteiger partial charge in [0.05, 0.1) is 6.42 Å². The summed E-state index contributed by atoms with van der Waals surface area (Å²) < 4.78 is 2.05. The van der Waals surface area contributed by atoms with Crippen molar-refractivity contribution in [1.29, 1.82) is 0 Å². The molecule has 1 aromatic heterocycles. The van der Waals surface area contributed by atoms with Crippen LogP contribution in [0.4, 0.5) is 0 Å². The van der Waals surface area contributed by atoms with Crippen LogP contribution in [0.1, 0.15) is 38.9 Å². The summed E-state index contributed by atoms with van der Waals surface area (Å²) in [7, 11) is 0. The second-order valence-electron chi connectivity index (χ2n) is 4.89. The number of carbonyl (C=O) groups excluding carboxylic acids is 1. The number of rotatable bonds is 4. The van der Waals surface area contributed by atoms with E-state index >= 15 is 0 Å². The summed E-state index contributed by atoms with van der Waals surface area (Å²) in [6.45, 7) is 5.21. The first-order valence-electron chi connectivity index (χ1n) is 6.23. The number of ketones is 1. The van der Waals surface area contributed by atoms with Crippen LogP contribution in [-0.2, 0) is 17.8 Å². The van der Waals surface area contributed by atoms with E-state index in [0.29, 0.717) is 12.2 Å².